The Bertz CT molecular complexity index is 268. The van der Waals surface area contributed by atoms with E-state index in [2.05, 4.69) is 4.84 Å². The first-order valence-corrected chi connectivity index (χ1v) is 3.20. The van der Waals surface area contributed by atoms with E-state index in [-0.39, 0.29) is 12.3 Å². The standard InChI is InChI=1S/C7H8F2N2O/c8-5-1-4(3-12-11)2-6(10)7(5)9/h1-2H,3,10-11H2. The number of hydrogen-bond donors (Lipinski definition) is 2. The third kappa shape index (κ3) is 1.69. The van der Waals surface area contributed by atoms with Gasteiger partial charge < -0.3 is 5.73 Å². The van der Waals surface area contributed by atoms with Crippen LogP contribution in [0.15, 0.2) is 12.1 Å². The van der Waals surface area contributed by atoms with Gasteiger partial charge in [-0.1, -0.05) is 0 Å². The third-order valence-electron chi connectivity index (χ3n) is 1.37. The van der Waals surface area contributed by atoms with E-state index in [0.717, 1.165) is 6.07 Å². The van der Waals surface area contributed by atoms with E-state index in [1.807, 2.05) is 0 Å². The lowest BCUT2D eigenvalue weighted by Gasteiger charge is -2.02. The lowest BCUT2D eigenvalue weighted by Crippen LogP contribution is -2.02. The van der Waals surface area contributed by atoms with Gasteiger partial charge in [-0.2, -0.15) is 0 Å². The summed E-state index contributed by atoms with van der Waals surface area (Å²) in [5.41, 5.74) is 5.29. The van der Waals surface area contributed by atoms with Crippen LogP contribution in [-0.2, 0) is 11.4 Å². The van der Waals surface area contributed by atoms with Crippen molar-refractivity contribution < 1.29 is 13.6 Å². The number of nitrogen functional groups attached to an aromatic ring is 1. The van der Waals surface area contributed by atoms with E-state index in [1.165, 1.54) is 6.07 Å². The fourth-order valence-corrected chi connectivity index (χ4v) is 0.848. The summed E-state index contributed by atoms with van der Waals surface area (Å²) in [6.45, 7) is 0.00139. The molecular formula is C7H8F2N2O. The second-order valence-corrected chi connectivity index (χ2v) is 2.29. The van der Waals surface area contributed by atoms with Crippen LogP contribution in [0.1, 0.15) is 5.56 Å². The molecule has 12 heavy (non-hydrogen) atoms. The number of nitrogens with two attached hydrogens (primary N) is 2. The number of benzene rings is 1. The molecule has 66 valence electrons. The Morgan fingerprint density at radius 3 is 2.50 bits per heavy atom. The zero-order valence-corrected chi connectivity index (χ0v) is 6.18. The topological polar surface area (TPSA) is 61.3 Å². The Kier molecular flexibility index (Phi) is 2.57. The highest BCUT2D eigenvalue weighted by molar-refractivity contribution is 5.42. The molecule has 0 aromatic heterocycles. The molecule has 3 nitrogen and oxygen atoms in total. The average Bonchev–Trinajstić information content (AvgIpc) is 2.01. The van der Waals surface area contributed by atoms with Crippen molar-refractivity contribution in [2.24, 2.45) is 5.90 Å². The number of anilines is 1. The van der Waals surface area contributed by atoms with Gasteiger partial charge in [-0.15, -0.1) is 0 Å². The van der Waals surface area contributed by atoms with Gasteiger partial charge in [0.2, 0.25) is 0 Å². The molecule has 0 aliphatic heterocycles. The van der Waals surface area contributed by atoms with Crippen LogP contribution in [0.2, 0.25) is 0 Å². The SMILES string of the molecule is NOCc1cc(N)c(F)c(F)c1. The fourth-order valence-electron chi connectivity index (χ4n) is 0.848. The van der Waals surface area contributed by atoms with Crippen LogP contribution < -0.4 is 11.6 Å². The highest BCUT2D eigenvalue weighted by Gasteiger charge is 2.07. The first-order valence-electron chi connectivity index (χ1n) is 3.20. The largest absolute Gasteiger partial charge is 0.396 e. The van der Waals surface area contributed by atoms with Crippen molar-refractivity contribution >= 4 is 5.69 Å². The van der Waals surface area contributed by atoms with Crippen molar-refractivity contribution in [3.8, 4) is 0 Å². The third-order valence-corrected chi connectivity index (χ3v) is 1.37. The Morgan fingerprint density at radius 2 is 2.00 bits per heavy atom. The molecule has 0 aliphatic rings. The van der Waals surface area contributed by atoms with Gasteiger partial charge in [0.1, 0.15) is 0 Å². The molecule has 0 atom stereocenters. The van der Waals surface area contributed by atoms with Crippen molar-refractivity contribution in [3.63, 3.8) is 0 Å². The molecular weight excluding hydrogens is 166 g/mol. The molecule has 0 unspecified atom stereocenters. The number of rotatable bonds is 2. The van der Waals surface area contributed by atoms with E-state index >= 15 is 0 Å². The van der Waals surface area contributed by atoms with E-state index in [0.29, 0.717) is 5.56 Å². The molecule has 0 amide bonds. The van der Waals surface area contributed by atoms with Crippen LogP contribution in [0.25, 0.3) is 0 Å². The number of hydrogen-bond acceptors (Lipinski definition) is 3. The predicted octanol–water partition coefficient (Wildman–Crippen LogP) is 0.937. The van der Waals surface area contributed by atoms with Crippen LogP contribution in [0.4, 0.5) is 14.5 Å². The Labute approximate surface area is 67.9 Å². The minimum absolute atomic E-state index is 0.00139. The van der Waals surface area contributed by atoms with Gasteiger partial charge in [0.25, 0.3) is 0 Å². The minimum Gasteiger partial charge on any atom is -0.396 e. The van der Waals surface area contributed by atoms with Gasteiger partial charge in [-0.3, -0.25) is 4.84 Å². The lowest BCUT2D eigenvalue weighted by atomic mass is 10.2. The van der Waals surface area contributed by atoms with E-state index in [4.69, 9.17) is 11.6 Å². The van der Waals surface area contributed by atoms with Crippen LogP contribution in [0.5, 0.6) is 0 Å². The van der Waals surface area contributed by atoms with E-state index < -0.39 is 11.6 Å². The van der Waals surface area contributed by atoms with Crippen molar-refractivity contribution in [2.75, 3.05) is 5.73 Å². The van der Waals surface area contributed by atoms with Crippen molar-refractivity contribution in [2.45, 2.75) is 6.61 Å². The smallest absolute Gasteiger partial charge is 0.181 e. The van der Waals surface area contributed by atoms with Crippen molar-refractivity contribution in [1.29, 1.82) is 0 Å². The zero-order valence-electron chi connectivity index (χ0n) is 6.18. The summed E-state index contributed by atoms with van der Waals surface area (Å²) in [4.78, 5) is 4.23. The molecule has 1 rings (SSSR count). The Morgan fingerprint density at radius 1 is 1.33 bits per heavy atom. The second-order valence-electron chi connectivity index (χ2n) is 2.29. The second kappa shape index (κ2) is 3.46. The van der Waals surface area contributed by atoms with Crippen LogP contribution in [0.3, 0.4) is 0 Å². The number of halogens is 2. The molecule has 0 saturated carbocycles. The molecule has 5 heteroatoms. The maximum Gasteiger partial charge on any atom is 0.181 e. The minimum atomic E-state index is -1.05. The van der Waals surface area contributed by atoms with E-state index in [9.17, 15) is 8.78 Å². The molecule has 1 aromatic carbocycles. The van der Waals surface area contributed by atoms with Gasteiger partial charge in [0.05, 0.1) is 12.3 Å². The molecule has 0 fully saturated rings. The molecule has 0 aliphatic carbocycles. The van der Waals surface area contributed by atoms with Crippen molar-refractivity contribution in [3.05, 3.63) is 29.3 Å². The predicted molar refractivity (Wildman–Crippen MR) is 39.7 cm³/mol. The first-order chi connectivity index (χ1) is 5.65. The van der Waals surface area contributed by atoms with Gasteiger partial charge in [-0.25, -0.2) is 14.7 Å². The summed E-state index contributed by atoms with van der Waals surface area (Å²) < 4.78 is 25.2. The zero-order chi connectivity index (χ0) is 9.14. The monoisotopic (exact) mass is 174 g/mol. The Hall–Kier alpha value is -1.20. The molecule has 0 bridgehead atoms. The summed E-state index contributed by atoms with van der Waals surface area (Å²) in [7, 11) is 0. The Balaban J connectivity index is 3.04. The van der Waals surface area contributed by atoms with Crippen LogP contribution >= 0.6 is 0 Å². The first kappa shape index (κ1) is 8.89. The molecule has 0 radical (unpaired) electrons. The van der Waals surface area contributed by atoms with Gasteiger partial charge in [0, 0.05) is 0 Å². The highest BCUT2D eigenvalue weighted by Crippen LogP contribution is 2.16. The van der Waals surface area contributed by atoms with Crippen LogP contribution in [0, 0.1) is 11.6 Å². The van der Waals surface area contributed by atoms with Crippen molar-refractivity contribution in [1.82, 2.24) is 0 Å². The molecule has 0 saturated heterocycles. The average molecular weight is 174 g/mol. The lowest BCUT2D eigenvalue weighted by molar-refractivity contribution is 0.124. The maximum absolute atomic E-state index is 12.6. The summed E-state index contributed by atoms with van der Waals surface area (Å²) >= 11 is 0. The molecule has 0 heterocycles. The summed E-state index contributed by atoms with van der Waals surface area (Å²) in [6.07, 6.45) is 0. The summed E-state index contributed by atoms with van der Waals surface area (Å²) in [5, 5.41) is 0. The quantitative estimate of drug-likeness (QED) is 0.518. The maximum atomic E-state index is 12.6. The normalized spacial score (nSPS) is 10.2. The molecule has 0 spiro atoms. The van der Waals surface area contributed by atoms with Gasteiger partial charge in [-0.05, 0) is 17.7 Å². The summed E-state index contributed by atoms with van der Waals surface area (Å²) in [6, 6.07) is 2.25. The highest BCUT2D eigenvalue weighted by atomic mass is 19.2. The van der Waals surface area contributed by atoms with E-state index in [1.54, 1.807) is 0 Å². The summed E-state index contributed by atoms with van der Waals surface area (Å²) in [5.74, 6) is 2.70. The molecule has 4 N–H and O–H groups in total. The van der Waals surface area contributed by atoms with Gasteiger partial charge >= 0.3 is 0 Å². The fraction of sp³-hybridized carbons (Fsp3) is 0.143. The van der Waals surface area contributed by atoms with Crippen LogP contribution in [-0.4, -0.2) is 0 Å². The molecule has 1 aromatic rings. The van der Waals surface area contributed by atoms with Gasteiger partial charge in [0.15, 0.2) is 11.6 Å².